The smallest absolute Gasteiger partial charge is 0.195 e. The molecule has 0 radical (unpaired) electrons. The highest BCUT2D eigenvalue weighted by molar-refractivity contribution is 5.88. The fraction of sp³-hybridized carbons (Fsp3) is 0.214. The molecule has 32 heavy (non-hydrogen) atoms. The first kappa shape index (κ1) is 22.1. The number of benzene rings is 4. The van der Waals surface area contributed by atoms with Crippen LogP contribution < -0.4 is 0 Å². The highest BCUT2D eigenvalue weighted by atomic mass is 19.2. The summed E-state index contributed by atoms with van der Waals surface area (Å²) in [5.41, 5.74) is 3.73. The molecular formula is C28H24F4. The van der Waals surface area contributed by atoms with E-state index in [0.29, 0.717) is 11.1 Å². The van der Waals surface area contributed by atoms with Crippen LogP contribution in [0.5, 0.6) is 0 Å². The third-order valence-corrected chi connectivity index (χ3v) is 5.86. The summed E-state index contributed by atoms with van der Waals surface area (Å²) in [4.78, 5) is 0. The minimum atomic E-state index is -1.51. The summed E-state index contributed by atoms with van der Waals surface area (Å²) in [6.45, 7) is 2.19. The molecule has 0 N–H and O–H groups in total. The van der Waals surface area contributed by atoms with Crippen LogP contribution in [0.2, 0.25) is 0 Å². The number of hydrogen-bond acceptors (Lipinski definition) is 0. The molecule has 4 rings (SSSR count). The van der Waals surface area contributed by atoms with Gasteiger partial charge in [-0.05, 0) is 58.7 Å². The van der Waals surface area contributed by atoms with E-state index in [1.54, 1.807) is 6.07 Å². The van der Waals surface area contributed by atoms with Crippen LogP contribution in [0.25, 0.3) is 33.0 Å². The number of halogens is 4. The molecule has 0 aliphatic carbocycles. The van der Waals surface area contributed by atoms with Gasteiger partial charge in [0.05, 0.1) is 0 Å². The van der Waals surface area contributed by atoms with E-state index in [2.05, 4.69) is 19.1 Å². The summed E-state index contributed by atoms with van der Waals surface area (Å²) in [6, 6.07) is 18.3. The van der Waals surface area contributed by atoms with Gasteiger partial charge in [-0.25, -0.2) is 17.6 Å². The van der Waals surface area contributed by atoms with Crippen molar-refractivity contribution in [2.24, 2.45) is 0 Å². The maximum atomic E-state index is 15.0. The molecule has 0 aliphatic heterocycles. The SMILES string of the molecule is CCCCCCc1ccc(-c2ccc(-c3ccc4c(F)c(F)c(F)cc4c3)c(F)c2)cc1. The summed E-state index contributed by atoms with van der Waals surface area (Å²) in [7, 11) is 0. The minimum absolute atomic E-state index is 0.0422. The maximum Gasteiger partial charge on any atom is 0.195 e. The first-order valence-corrected chi connectivity index (χ1v) is 10.9. The van der Waals surface area contributed by atoms with E-state index in [0.717, 1.165) is 23.6 Å². The van der Waals surface area contributed by atoms with Crippen molar-refractivity contribution in [1.29, 1.82) is 0 Å². The first-order valence-electron chi connectivity index (χ1n) is 10.9. The number of aryl methyl sites for hydroxylation is 1. The molecule has 164 valence electrons. The summed E-state index contributed by atoms with van der Waals surface area (Å²) < 4.78 is 56.0. The molecule has 4 heteroatoms. The fourth-order valence-electron chi connectivity index (χ4n) is 4.02. The first-order chi connectivity index (χ1) is 15.5. The lowest BCUT2D eigenvalue weighted by atomic mass is 9.96. The second-order valence-electron chi connectivity index (χ2n) is 8.12. The molecule has 0 saturated carbocycles. The van der Waals surface area contributed by atoms with Crippen LogP contribution in [-0.2, 0) is 6.42 Å². The summed E-state index contributed by atoms with van der Waals surface area (Å²) in [5.74, 6) is -4.45. The van der Waals surface area contributed by atoms with Crippen LogP contribution in [0.4, 0.5) is 17.6 Å². The Hall–Kier alpha value is -3.14. The lowest BCUT2D eigenvalue weighted by Crippen LogP contribution is -1.93. The van der Waals surface area contributed by atoms with E-state index in [9.17, 15) is 17.6 Å². The highest BCUT2D eigenvalue weighted by Gasteiger charge is 2.15. The molecular weight excluding hydrogens is 412 g/mol. The van der Waals surface area contributed by atoms with Crippen molar-refractivity contribution in [3.8, 4) is 22.3 Å². The van der Waals surface area contributed by atoms with Gasteiger partial charge in [-0.2, -0.15) is 0 Å². The van der Waals surface area contributed by atoms with Crippen molar-refractivity contribution in [2.45, 2.75) is 39.0 Å². The topological polar surface area (TPSA) is 0 Å². The normalized spacial score (nSPS) is 11.3. The van der Waals surface area contributed by atoms with Crippen LogP contribution in [0.3, 0.4) is 0 Å². The van der Waals surface area contributed by atoms with Gasteiger partial charge in [0, 0.05) is 10.9 Å². The van der Waals surface area contributed by atoms with E-state index in [1.807, 2.05) is 18.2 Å². The molecule has 0 aromatic heterocycles. The molecule has 0 nitrogen and oxygen atoms in total. The van der Waals surface area contributed by atoms with Crippen molar-refractivity contribution in [3.05, 3.63) is 95.6 Å². The minimum Gasteiger partial charge on any atom is -0.206 e. The molecule has 0 bridgehead atoms. The third kappa shape index (κ3) is 4.55. The second kappa shape index (κ2) is 9.56. The summed E-state index contributed by atoms with van der Waals surface area (Å²) in [6.07, 6.45) is 5.91. The molecule has 0 amide bonds. The van der Waals surface area contributed by atoms with E-state index in [4.69, 9.17) is 0 Å². The Bertz CT molecular complexity index is 1240. The molecule has 0 saturated heterocycles. The zero-order valence-electron chi connectivity index (χ0n) is 17.9. The van der Waals surface area contributed by atoms with Gasteiger partial charge in [0.1, 0.15) is 5.82 Å². The Morgan fingerprint density at radius 1 is 0.594 bits per heavy atom. The zero-order chi connectivity index (χ0) is 22.7. The molecule has 4 aromatic rings. The van der Waals surface area contributed by atoms with Gasteiger partial charge in [0.2, 0.25) is 0 Å². The molecule has 0 unspecified atom stereocenters. The maximum absolute atomic E-state index is 15.0. The fourth-order valence-corrected chi connectivity index (χ4v) is 4.02. The molecule has 0 spiro atoms. The van der Waals surface area contributed by atoms with Crippen molar-refractivity contribution in [2.75, 3.05) is 0 Å². The Morgan fingerprint density at radius 2 is 1.31 bits per heavy atom. The molecule has 0 aliphatic rings. The van der Waals surface area contributed by atoms with Crippen molar-refractivity contribution >= 4 is 10.8 Å². The number of unbranched alkanes of at least 4 members (excludes halogenated alkanes) is 3. The van der Waals surface area contributed by atoms with E-state index in [1.165, 1.54) is 55.5 Å². The zero-order valence-corrected chi connectivity index (χ0v) is 17.9. The number of fused-ring (bicyclic) bond motifs is 1. The predicted molar refractivity (Wildman–Crippen MR) is 122 cm³/mol. The van der Waals surface area contributed by atoms with Crippen LogP contribution in [0.15, 0.2) is 66.7 Å². The largest absolute Gasteiger partial charge is 0.206 e. The average Bonchev–Trinajstić information content (AvgIpc) is 2.80. The molecule has 0 heterocycles. The quantitative estimate of drug-likeness (QED) is 0.154. The summed E-state index contributed by atoms with van der Waals surface area (Å²) in [5, 5.41) is 0.136. The van der Waals surface area contributed by atoms with Crippen LogP contribution in [-0.4, -0.2) is 0 Å². The second-order valence-corrected chi connectivity index (χ2v) is 8.12. The van der Waals surface area contributed by atoms with Crippen LogP contribution in [0.1, 0.15) is 38.2 Å². The standard InChI is InChI=1S/C28H24F4/c1-2-3-4-5-6-18-7-9-19(10-8-18)20-11-13-23(25(29)16-20)21-12-14-24-22(15-21)17-26(30)28(32)27(24)31/h7-17H,2-6H2,1H3. The van der Waals surface area contributed by atoms with Crippen molar-refractivity contribution < 1.29 is 17.6 Å². The monoisotopic (exact) mass is 436 g/mol. The van der Waals surface area contributed by atoms with E-state index < -0.39 is 23.3 Å². The summed E-state index contributed by atoms with van der Waals surface area (Å²) >= 11 is 0. The van der Waals surface area contributed by atoms with Gasteiger partial charge in [-0.3, -0.25) is 0 Å². The van der Waals surface area contributed by atoms with Gasteiger partial charge in [0.25, 0.3) is 0 Å². The number of hydrogen-bond donors (Lipinski definition) is 0. The predicted octanol–water partition coefficient (Wildman–Crippen LogP) is 8.85. The van der Waals surface area contributed by atoms with E-state index in [-0.39, 0.29) is 10.8 Å². The Morgan fingerprint density at radius 3 is 2.03 bits per heavy atom. The Labute approximate surface area is 185 Å². The lowest BCUT2D eigenvalue weighted by molar-refractivity contribution is 0.453. The Balaban J connectivity index is 1.58. The van der Waals surface area contributed by atoms with Crippen LogP contribution in [0, 0.1) is 23.3 Å². The highest BCUT2D eigenvalue weighted by Crippen LogP contribution is 2.32. The van der Waals surface area contributed by atoms with Gasteiger partial charge >= 0.3 is 0 Å². The van der Waals surface area contributed by atoms with Crippen molar-refractivity contribution in [3.63, 3.8) is 0 Å². The number of rotatable bonds is 7. The Kier molecular flexibility index (Phi) is 6.59. The lowest BCUT2D eigenvalue weighted by Gasteiger charge is -2.10. The average molecular weight is 436 g/mol. The molecule has 0 fully saturated rings. The van der Waals surface area contributed by atoms with Gasteiger partial charge in [0.15, 0.2) is 17.5 Å². The third-order valence-electron chi connectivity index (χ3n) is 5.86. The van der Waals surface area contributed by atoms with Gasteiger partial charge < -0.3 is 0 Å². The van der Waals surface area contributed by atoms with Gasteiger partial charge in [-0.15, -0.1) is 0 Å². The molecule has 4 aromatic carbocycles. The van der Waals surface area contributed by atoms with Crippen LogP contribution >= 0.6 is 0 Å². The molecule has 0 atom stereocenters. The van der Waals surface area contributed by atoms with Crippen molar-refractivity contribution in [1.82, 2.24) is 0 Å². The van der Waals surface area contributed by atoms with E-state index >= 15 is 0 Å². The van der Waals surface area contributed by atoms with Gasteiger partial charge in [-0.1, -0.05) is 74.7 Å².